The van der Waals surface area contributed by atoms with Gasteiger partial charge in [0.05, 0.1) is 10.4 Å². The summed E-state index contributed by atoms with van der Waals surface area (Å²) in [6.07, 6.45) is 1.09. The lowest BCUT2D eigenvalue weighted by molar-refractivity contribution is 0.895. The van der Waals surface area contributed by atoms with Gasteiger partial charge in [0.15, 0.2) is 0 Å². The van der Waals surface area contributed by atoms with Crippen LogP contribution in [-0.2, 0) is 0 Å². The first-order valence-corrected chi connectivity index (χ1v) is 7.61. The number of hydrogen-bond acceptors (Lipinski definition) is 4. The van der Waals surface area contributed by atoms with Crippen molar-refractivity contribution in [2.24, 2.45) is 0 Å². The van der Waals surface area contributed by atoms with E-state index in [1.54, 1.807) is 11.3 Å². The van der Waals surface area contributed by atoms with Gasteiger partial charge in [0, 0.05) is 11.4 Å². The van der Waals surface area contributed by atoms with E-state index >= 15 is 0 Å². The lowest BCUT2D eigenvalue weighted by Crippen LogP contribution is -2.08. The molecule has 0 fully saturated rings. The molecule has 0 amide bonds. The highest BCUT2D eigenvalue weighted by atomic mass is 35.5. The van der Waals surface area contributed by atoms with Gasteiger partial charge in [-0.25, -0.2) is 4.98 Å². The molecule has 0 aliphatic carbocycles. The maximum absolute atomic E-state index is 5.96. The summed E-state index contributed by atoms with van der Waals surface area (Å²) in [4.78, 5) is 5.74. The monoisotopic (exact) mass is 295 g/mol. The van der Waals surface area contributed by atoms with Crippen molar-refractivity contribution in [2.75, 3.05) is 17.2 Å². The fraction of sp³-hybridized carbons (Fsp3) is 0.357. The van der Waals surface area contributed by atoms with Crippen molar-refractivity contribution in [1.82, 2.24) is 4.98 Å². The molecular formula is C14H18ClN3S. The van der Waals surface area contributed by atoms with Gasteiger partial charge in [-0.05, 0) is 37.6 Å². The van der Waals surface area contributed by atoms with E-state index in [2.05, 4.69) is 29.5 Å². The SMILES string of the molecule is CCCNc1cccc(NC(C)c2ccc(Cl)s2)n1. The van der Waals surface area contributed by atoms with Crippen LogP contribution in [0.25, 0.3) is 0 Å². The van der Waals surface area contributed by atoms with Crippen molar-refractivity contribution >= 4 is 34.6 Å². The third-order valence-electron chi connectivity index (χ3n) is 2.69. The minimum atomic E-state index is 0.200. The van der Waals surface area contributed by atoms with Crippen LogP contribution in [0.1, 0.15) is 31.2 Å². The number of aromatic nitrogens is 1. The summed E-state index contributed by atoms with van der Waals surface area (Å²) in [5, 5.41) is 6.67. The molecule has 2 aromatic heterocycles. The summed E-state index contributed by atoms with van der Waals surface area (Å²) in [7, 11) is 0. The van der Waals surface area contributed by atoms with Crippen molar-refractivity contribution in [1.29, 1.82) is 0 Å². The Kier molecular flexibility index (Phi) is 5.05. The zero-order valence-electron chi connectivity index (χ0n) is 11.1. The summed E-state index contributed by atoms with van der Waals surface area (Å²) in [6, 6.07) is 10.1. The summed E-state index contributed by atoms with van der Waals surface area (Å²) in [5.41, 5.74) is 0. The molecule has 19 heavy (non-hydrogen) atoms. The zero-order chi connectivity index (χ0) is 13.7. The average molecular weight is 296 g/mol. The van der Waals surface area contributed by atoms with Crippen LogP contribution >= 0.6 is 22.9 Å². The molecule has 0 aromatic carbocycles. The van der Waals surface area contributed by atoms with Gasteiger partial charge in [0.1, 0.15) is 11.6 Å². The molecule has 0 spiro atoms. The first-order valence-electron chi connectivity index (χ1n) is 6.41. The van der Waals surface area contributed by atoms with Gasteiger partial charge in [-0.15, -0.1) is 11.3 Å². The van der Waals surface area contributed by atoms with Crippen LogP contribution in [0, 0.1) is 0 Å². The van der Waals surface area contributed by atoms with Crippen molar-refractivity contribution in [3.05, 3.63) is 39.5 Å². The maximum atomic E-state index is 5.96. The molecule has 2 heterocycles. The number of thiophene rings is 1. The number of anilines is 2. The first kappa shape index (κ1) is 14.2. The molecule has 3 nitrogen and oxygen atoms in total. The summed E-state index contributed by atoms with van der Waals surface area (Å²) in [5.74, 6) is 1.78. The van der Waals surface area contributed by atoms with E-state index in [1.807, 2.05) is 30.3 Å². The standard InChI is InChI=1S/C14H18ClN3S/c1-3-9-16-13-5-4-6-14(18-13)17-10(2)11-7-8-12(15)19-11/h4-8,10H,3,9H2,1-2H3,(H2,16,17,18). The van der Waals surface area contributed by atoms with Crippen LogP contribution in [0.15, 0.2) is 30.3 Å². The van der Waals surface area contributed by atoms with Gasteiger partial charge in [-0.1, -0.05) is 24.6 Å². The quantitative estimate of drug-likeness (QED) is 0.804. The Labute approximate surface area is 123 Å². The molecule has 1 unspecified atom stereocenters. The highest BCUT2D eigenvalue weighted by Crippen LogP contribution is 2.28. The van der Waals surface area contributed by atoms with Crippen LogP contribution in [0.4, 0.5) is 11.6 Å². The molecule has 2 N–H and O–H groups in total. The van der Waals surface area contributed by atoms with Crippen molar-refractivity contribution in [2.45, 2.75) is 26.3 Å². The topological polar surface area (TPSA) is 37.0 Å². The van der Waals surface area contributed by atoms with E-state index in [0.717, 1.165) is 28.9 Å². The van der Waals surface area contributed by atoms with E-state index in [0.29, 0.717) is 0 Å². The lowest BCUT2D eigenvalue weighted by Gasteiger charge is -2.14. The third-order valence-corrected chi connectivity index (χ3v) is 4.10. The van der Waals surface area contributed by atoms with Gasteiger partial charge in [-0.3, -0.25) is 0 Å². The molecule has 0 saturated heterocycles. The van der Waals surface area contributed by atoms with Crippen LogP contribution in [0.2, 0.25) is 4.34 Å². The van der Waals surface area contributed by atoms with Gasteiger partial charge >= 0.3 is 0 Å². The average Bonchev–Trinajstić information content (AvgIpc) is 2.83. The summed E-state index contributed by atoms with van der Waals surface area (Å²) in [6.45, 7) is 5.18. The Bertz CT molecular complexity index is 527. The van der Waals surface area contributed by atoms with Crippen molar-refractivity contribution in [3.8, 4) is 0 Å². The number of rotatable bonds is 6. The summed E-state index contributed by atoms with van der Waals surface area (Å²) < 4.78 is 0.815. The largest absolute Gasteiger partial charge is 0.370 e. The fourth-order valence-corrected chi connectivity index (χ4v) is 2.78. The van der Waals surface area contributed by atoms with Gasteiger partial charge in [0.25, 0.3) is 0 Å². The molecule has 2 rings (SSSR count). The van der Waals surface area contributed by atoms with Crippen LogP contribution in [0.5, 0.6) is 0 Å². The smallest absolute Gasteiger partial charge is 0.128 e. The molecule has 2 aromatic rings. The molecule has 0 aliphatic rings. The number of nitrogens with one attached hydrogen (secondary N) is 2. The number of nitrogens with zero attached hydrogens (tertiary/aromatic N) is 1. The summed E-state index contributed by atoms with van der Waals surface area (Å²) >= 11 is 7.55. The van der Waals surface area contributed by atoms with Crippen molar-refractivity contribution < 1.29 is 0 Å². The highest BCUT2D eigenvalue weighted by Gasteiger charge is 2.08. The molecule has 0 radical (unpaired) electrons. The van der Waals surface area contributed by atoms with Gasteiger partial charge in [0.2, 0.25) is 0 Å². The Morgan fingerprint density at radius 3 is 2.74 bits per heavy atom. The second-order valence-corrected chi connectivity index (χ2v) is 6.09. The molecule has 0 saturated carbocycles. The second kappa shape index (κ2) is 6.78. The van der Waals surface area contributed by atoms with E-state index < -0.39 is 0 Å². The molecule has 0 bridgehead atoms. The number of halogens is 1. The fourth-order valence-electron chi connectivity index (χ4n) is 1.72. The molecule has 5 heteroatoms. The second-order valence-electron chi connectivity index (χ2n) is 4.34. The normalized spacial score (nSPS) is 12.2. The minimum Gasteiger partial charge on any atom is -0.370 e. The minimum absolute atomic E-state index is 0.200. The van der Waals surface area contributed by atoms with E-state index in [1.165, 1.54) is 4.88 Å². The molecule has 102 valence electrons. The molecule has 0 aliphatic heterocycles. The van der Waals surface area contributed by atoms with E-state index in [9.17, 15) is 0 Å². The third kappa shape index (κ3) is 4.11. The van der Waals surface area contributed by atoms with Gasteiger partial charge in [-0.2, -0.15) is 0 Å². The number of pyridine rings is 1. The maximum Gasteiger partial charge on any atom is 0.128 e. The molecular weight excluding hydrogens is 278 g/mol. The lowest BCUT2D eigenvalue weighted by atomic mass is 10.2. The van der Waals surface area contributed by atoms with E-state index in [-0.39, 0.29) is 6.04 Å². The highest BCUT2D eigenvalue weighted by molar-refractivity contribution is 7.16. The zero-order valence-corrected chi connectivity index (χ0v) is 12.7. The van der Waals surface area contributed by atoms with E-state index in [4.69, 9.17) is 11.6 Å². The van der Waals surface area contributed by atoms with Crippen LogP contribution in [-0.4, -0.2) is 11.5 Å². The predicted octanol–water partition coefficient (Wildman–Crippen LogP) is 4.79. The Morgan fingerprint density at radius 1 is 1.26 bits per heavy atom. The Morgan fingerprint density at radius 2 is 2.05 bits per heavy atom. The van der Waals surface area contributed by atoms with Crippen LogP contribution in [0.3, 0.4) is 0 Å². The Hall–Kier alpha value is -1.26. The van der Waals surface area contributed by atoms with Gasteiger partial charge < -0.3 is 10.6 Å². The Balaban J connectivity index is 2.02. The van der Waals surface area contributed by atoms with Crippen molar-refractivity contribution in [3.63, 3.8) is 0 Å². The predicted molar refractivity (Wildman–Crippen MR) is 84.4 cm³/mol. The van der Waals surface area contributed by atoms with Crippen LogP contribution < -0.4 is 10.6 Å². The number of hydrogen-bond donors (Lipinski definition) is 2. The molecule has 1 atom stereocenters. The first-order chi connectivity index (χ1) is 9.19.